The van der Waals surface area contributed by atoms with E-state index < -0.39 is 27.4 Å². The SMILES string of the molecule is O=C(CN(c1cccc([N+](=O)[O-])c1)S(=O)(=O)c1ccccc1)Nc1ccc(CSc2ccccc2)cc1. The number of hydrogen-bond donors (Lipinski definition) is 1. The number of hydrogen-bond acceptors (Lipinski definition) is 6. The number of rotatable bonds is 10. The number of nitrogens with zero attached hydrogens (tertiary/aromatic N) is 2. The molecule has 0 fully saturated rings. The Labute approximate surface area is 219 Å². The number of nitro benzene ring substituents is 1. The fourth-order valence-electron chi connectivity index (χ4n) is 3.50. The first-order chi connectivity index (χ1) is 17.8. The molecule has 1 amide bonds. The zero-order valence-corrected chi connectivity index (χ0v) is 21.2. The van der Waals surface area contributed by atoms with Crippen molar-refractivity contribution in [1.82, 2.24) is 0 Å². The van der Waals surface area contributed by atoms with Gasteiger partial charge in [-0.15, -0.1) is 11.8 Å². The van der Waals surface area contributed by atoms with E-state index in [4.69, 9.17) is 0 Å². The number of nitrogens with one attached hydrogen (secondary N) is 1. The van der Waals surface area contributed by atoms with Gasteiger partial charge in [0.1, 0.15) is 6.54 Å². The molecule has 0 aliphatic heterocycles. The molecule has 37 heavy (non-hydrogen) atoms. The van der Waals surface area contributed by atoms with Gasteiger partial charge in [-0.1, -0.05) is 54.6 Å². The number of non-ortho nitro benzene ring substituents is 1. The van der Waals surface area contributed by atoms with Crippen LogP contribution in [0.5, 0.6) is 0 Å². The number of sulfonamides is 1. The molecule has 10 heteroatoms. The average Bonchev–Trinajstić information content (AvgIpc) is 2.92. The summed E-state index contributed by atoms with van der Waals surface area (Å²) in [5.41, 5.74) is 1.31. The molecule has 0 unspecified atom stereocenters. The Bertz CT molecular complexity index is 1480. The lowest BCUT2D eigenvalue weighted by molar-refractivity contribution is -0.384. The molecule has 0 bridgehead atoms. The maximum Gasteiger partial charge on any atom is 0.271 e. The number of thioether (sulfide) groups is 1. The van der Waals surface area contributed by atoms with Crippen molar-refractivity contribution in [3.05, 3.63) is 125 Å². The van der Waals surface area contributed by atoms with E-state index in [0.29, 0.717) is 5.69 Å². The van der Waals surface area contributed by atoms with Crippen molar-refractivity contribution in [2.45, 2.75) is 15.5 Å². The maximum absolute atomic E-state index is 13.4. The van der Waals surface area contributed by atoms with Crippen LogP contribution in [0.25, 0.3) is 0 Å². The summed E-state index contributed by atoms with van der Waals surface area (Å²) in [5, 5.41) is 14.0. The number of carbonyl (C=O) groups excluding carboxylic acids is 1. The van der Waals surface area contributed by atoms with E-state index in [1.807, 2.05) is 42.5 Å². The predicted molar refractivity (Wildman–Crippen MR) is 145 cm³/mol. The van der Waals surface area contributed by atoms with E-state index in [0.717, 1.165) is 26.6 Å². The van der Waals surface area contributed by atoms with Gasteiger partial charge in [0.05, 0.1) is 15.5 Å². The van der Waals surface area contributed by atoms with Crippen LogP contribution < -0.4 is 9.62 Å². The van der Waals surface area contributed by atoms with Crippen molar-refractivity contribution >= 4 is 44.8 Å². The molecule has 188 valence electrons. The van der Waals surface area contributed by atoms with Gasteiger partial charge in [-0.2, -0.15) is 0 Å². The Kier molecular flexibility index (Phi) is 8.22. The number of carbonyl (C=O) groups is 1. The second kappa shape index (κ2) is 11.7. The molecule has 0 aliphatic carbocycles. The monoisotopic (exact) mass is 533 g/mol. The molecule has 0 spiro atoms. The number of amides is 1. The van der Waals surface area contributed by atoms with E-state index >= 15 is 0 Å². The normalized spacial score (nSPS) is 11.0. The molecule has 0 saturated heterocycles. The average molecular weight is 534 g/mol. The van der Waals surface area contributed by atoms with Crippen LogP contribution in [0.1, 0.15) is 5.56 Å². The molecule has 4 aromatic carbocycles. The van der Waals surface area contributed by atoms with Crippen LogP contribution in [0.4, 0.5) is 17.1 Å². The maximum atomic E-state index is 13.4. The molecule has 8 nitrogen and oxygen atoms in total. The van der Waals surface area contributed by atoms with Gasteiger partial charge in [-0.05, 0) is 48.0 Å². The molecule has 0 heterocycles. The van der Waals surface area contributed by atoms with Gasteiger partial charge < -0.3 is 5.32 Å². The summed E-state index contributed by atoms with van der Waals surface area (Å²) >= 11 is 1.69. The first-order valence-corrected chi connectivity index (χ1v) is 13.6. The Balaban J connectivity index is 1.51. The van der Waals surface area contributed by atoms with Gasteiger partial charge in [0.2, 0.25) is 5.91 Å². The van der Waals surface area contributed by atoms with Crippen molar-refractivity contribution in [2.75, 3.05) is 16.2 Å². The third-order valence-electron chi connectivity index (χ3n) is 5.33. The molecular weight excluding hydrogens is 510 g/mol. The van der Waals surface area contributed by atoms with Crippen LogP contribution >= 0.6 is 11.8 Å². The zero-order valence-electron chi connectivity index (χ0n) is 19.6. The molecular formula is C27H23N3O5S2. The molecule has 0 saturated carbocycles. The summed E-state index contributed by atoms with van der Waals surface area (Å²) in [6.45, 7) is -0.565. The molecule has 4 aromatic rings. The Morgan fingerprint density at radius 2 is 1.51 bits per heavy atom. The highest BCUT2D eigenvalue weighted by molar-refractivity contribution is 7.98. The largest absolute Gasteiger partial charge is 0.325 e. The van der Waals surface area contributed by atoms with E-state index in [9.17, 15) is 23.3 Å². The van der Waals surface area contributed by atoms with Crippen molar-refractivity contribution in [3.8, 4) is 0 Å². The lowest BCUT2D eigenvalue weighted by Gasteiger charge is -2.24. The van der Waals surface area contributed by atoms with Crippen LogP contribution in [0.15, 0.2) is 119 Å². The highest BCUT2D eigenvalue weighted by atomic mass is 32.2. The van der Waals surface area contributed by atoms with Gasteiger partial charge in [-0.25, -0.2) is 8.42 Å². The predicted octanol–water partition coefficient (Wildman–Crippen LogP) is 5.72. The molecule has 4 rings (SSSR count). The molecule has 0 aliphatic rings. The zero-order chi connectivity index (χ0) is 26.3. The fraction of sp³-hybridized carbons (Fsp3) is 0.0741. The van der Waals surface area contributed by atoms with Gasteiger partial charge >= 0.3 is 0 Å². The van der Waals surface area contributed by atoms with E-state index in [1.165, 1.54) is 30.3 Å². The Hall–Kier alpha value is -4.15. The number of nitro groups is 1. The molecule has 0 atom stereocenters. The summed E-state index contributed by atoms with van der Waals surface area (Å²) in [5.74, 6) is 0.172. The lowest BCUT2D eigenvalue weighted by Crippen LogP contribution is -2.38. The topological polar surface area (TPSA) is 110 Å². The smallest absolute Gasteiger partial charge is 0.271 e. The summed E-state index contributed by atoms with van der Waals surface area (Å²) in [7, 11) is -4.18. The first kappa shape index (κ1) is 25.9. The number of anilines is 2. The highest BCUT2D eigenvalue weighted by Gasteiger charge is 2.28. The van der Waals surface area contributed by atoms with Crippen LogP contribution in [-0.2, 0) is 20.6 Å². The van der Waals surface area contributed by atoms with Gasteiger partial charge in [0, 0.05) is 28.5 Å². The van der Waals surface area contributed by atoms with Crippen LogP contribution in [0.2, 0.25) is 0 Å². The minimum Gasteiger partial charge on any atom is -0.325 e. The van der Waals surface area contributed by atoms with E-state index in [-0.39, 0.29) is 16.3 Å². The van der Waals surface area contributed by atoms with Gasteiger partial charge in [-0.3, -0.25) is 19.2 Å². The van der Waals surface area contributed by atoms with Gasteiger partial charge in [0.25, 0.3) is 15.7 Å². The fourth-order valence-corrected chi connectivity index (χ4v) is 5.80. The van der Waals surface area contributed by atoms with Crippen molar-refractivity contribution in [3.63, 3.8) is 0 Å². The minimum atomic E-state index is -4.18. The summed E-state index contributed by atoms with van der Waals surface area (Å²) < 4.78 is 27.7. The van der Waals surface area contributed by atoms with Crippen molar-refractivity contribution in [2.24, 2.45) is 0 Å². The van der Waals surface area contributed by atoms with Crippen LogP contribution in [-0.4, -0.2) is 25.8 Å². The van der Waals surface area contributed by atoms with E-state index in [2.05, 4.69) is 5.32 Å². The molecule has 1 N–H and O–H groups in total. The summed E-state index contributed by atoms with van der Waals surface area (Å²) in [6, 6.07) is 30.1. The Morgan fingerprint density at radius 3 is 2.16 bits per heavy atom. The first-order valence-electron chi connectivity index (χ1n) is 11.2. The second-order valence-corrected chi connectivity index (χ2v) is 10.9. The highest BCUT2D eigenvalue weighted by Crippen LogP contribution is 2.27. The third-order valence-corrected chi connectivity index (χ3v) is 8.20. The Morgan fingerprint density at radius 1 is 0.865 bits per heavy atom. The standard InChI is InChI=1S/C27H23N3O5S2/c31-27(28-22-16-14-21(15-17-22)20-36-25-10-3-1-4-11-25)19-29(23-8-7-9-24(18-23)30(32)33)37(34,35)26-12-5-2-6-13-26/h1-18H,19-20H2,(H,28,31). The van der Waals surface area contributed by atoms with Crippen molar-refractivity contribution < 1.29 is 18.1 Å². The van der Waals surface area contributed by atoms with Crippen LogP contribution in [0.3, 0.4) is 0 Å². The molecule has 0 radical (unpaired) electrons. The number of benzene rings is 4. The third kappa shape index (κ3) is 6.75. The van der Waals surface area contributed by atoms with E-state index in [1.54, 1.807) is 42.1 Å². The summed E-state index contributed by atoms with van der Waals surface area (Å²) in [4.78, 5) is 24.7. The van der Waals surface area contributed by atoms with Crippen molar-refractivity contribution in [1.29, 1.82) is 0 Å². The second-order valence-electron chi connectivity index (χ2n) is 7.95. The minimum absolute atomic E-state index is 0.0153. The van der Waals surface area contributed by atoms with Crippen LogP contribution in [0, 0.1) is 10.1 Å². The molecule has 0 aromatic heterocycles. The lowest BCUT2D eigenvalue weighted by atomic mass is 10.2. The quantitative estimate of drug-likeness (QED) is 0.159. The summed E-state index contributed by atoms with van der Waals surface area (Å²) in [6.07, 6.45) is 0. The van der Waals surface area contributed by atoms with Gasteiger partial charge in [0.15, 0.2) is 0 Å².